The molecule has 148 valence electrons. The van der Waals surface area contributed by atoms with E-state index in [4.69, 9.17) is 4.74 Å². The van der Waals surface area contributed by atoms with Crippen LogP contribution in [0.15, 0.2) is 30.5 Å². The monoisotopic (exact) mass is 399 g/mol. The van der Waals surface area contributed by atoms with E-state index in [9.17, 15) is 4.79 Å². The lowest BCUT2D eigenvalue weighted by Crippen LogP contribution is -2.38. The number of hydrogen-bond donors (Lipinski definition) is 2. The van der Waals surface area contributed by atoms with Gasteiger partial charge in [-0.15, -0.1) is 11.3 Å². The summed E-state index contributed by atoms with van der Waals surface area (Å²) in [7, 11) is 3.42. The highest BCUT2D eigenvalue weighted by atomic mass is 32.1. The molecule has 8 heteroatoms. The molecule has 2 amide bonds. The number of aryl methyl sites for hydroxylation is 2. The van der Waals surface area contributed by atoms with Gasteiger partial charge in [0, 0.05) is 29.6 Å². The van der Waals surface area contributed by atoms with Crippen molar-refractivity contribution in [2.24, 2.45) is 0 Å². The second-order valence-electron chi connectivity index (χ2n) is 6.62. The average molecular weight is 400 g/mol. The van der Waals surface area contributed by atoms with Gasteiger partial charge in [-0.2, -0.15) is 5.10 Å². The van der Waals surface area contributed by atoms with Crippen molar-refractivity contribution in [1.82, 2.24) is 25.4 Å². The molecule has 0 unspecified atom stereocenters. The third kappa shape index (κ3) is 4.17. The van der Waals surface area contributed by atoms with Crippen LogP contribution in [0.5, 0.6) is 5.75 Å². The maximum Gasteiger partial charge on any atom is 0.317 e. The third-order valence-electron chi connectivity index (χ3n) is 4.76. The summed E-state index contributed by atoms with van der Waals surface area (Å²) in [5.74, 6) is 0.793. The molecule has 28 heavy (non-hydrogen) atoms. The quantitative estimate of drug-likeness (QED) is 0.655. The van der Waals surface area contributed by atoms with Gasteiger partial charge in [0.25, 0.3) is 0 Å². The molecule has 0 aliphatic carbocycles. The van der Waals surface area contributed by atoms with Crippen LogP contribution in [0.4, 0.5) is 4.79 Å². The van der Waals surface area contributed by atoms with Gasteiger partial charge in [0.1, 0.15) is 5.75 Å². The second kappa shape index (κ2) is 8.43. The summed E-state index contributed by atoms with van der Waals surface area (Å²) in [6.07, 6.45) is 1.73. The van der Waals surface area contributed by atoms with Gasteiger partial charge in [-0.25, -0.2) is 9.78 Å². The van der Waals surface area contributed by atoms with Crippen LogP contribution in [0.1, 0.15) is 34.1 Å². The number of hydrogen-bond acceptors (Lipinski definition) is 5. The molecule has 0 spiro atoms. The van der Waals surface area contributed by atoms with Crippen LogP contribution in [0.3, 0.4) is 0 Å². The van der Waals surface area contributed by atoms with E-state index in [1.54, 1.807) is 36.6 Å². The van der Waals surface area contributed by atoms with Crippen LogP contribution in [0.2, 0.25) is 0 Å². The summed E-state index contributed by atoms with van der Waals surface area (Å²) in [5, 5.41) is 11.1. The number of carbonyl (C=O) groups is 1. The van der Waals surface area contributed by atoms with Gasteiger partial charge in [-0.3, -0.25) is 5.10 Å². The third-order valence-corrected chi connectivity index (χ3v) is 5.67. The Hall–Kier alpha value is -2.87. The predicted octanol–water partition coefficient (Wildman–Crippen LogP) is 4.06. The van der Waals surface area contributed by atoms with E-state index < -0.39 is 0 Å². The first-order valence-corrected chi connectivity index (χ1v) is 9.83. The van der Waals surface area contributed by atoms with E-state index in [0.29, 0.717) is 6.54 Å². The fourth-order valence-corrected chi connectivity index (χ4v) is 3.95. The molecule has 0 fully saturated rings. The molecule has 0 radical (unpaired) electrons. The summed E-state index contributed by atoms with van der Waals surface area (Å²) < 4.78 is 5.20. The van der Waals surface area contributed by atoms with Crippen LogP contribution >= 0.6 is 11.3 Å². The molecule has 0 bridgehead atoms. The largest absolute Gasteiger partial charge is 0.497 e. The standard InChI is InChI=1S/C20H25N5O2S/c1-12(18-13(2)28-14(3)23-18)25(4)20(26)21-10-16-11-22-24-19(16)15-6-8-17(27-5)9-7-15/h6-9,11-12H,10H2,1-5H3,(H,21,26)(H,22,24)/t12-/m0/s1. The molecule has 3 aromatic rings. The van der Waals surface area contributed by atoms with Crippen molar-refractivity contribution in [2.45, 2.75) is 33.4 Å². The molecule has 7 nitrogen and oxygen atoms in total. The summed E-state index contributed by atoms with van der Waals surface area (Å²) in [6, 6.07) is 7.45. The number of thiazole rings is 1. The number of urea groups is 1. The molecular weight excluding hydrogens is 374 g/mol. The Kier molecular flexibility index (Phi) is 5.99. The number of carbonyl (C=O) groups excluding carboxylic acids is 1. The number of nitrogens with one attached hydrogen (secondary N) is 2. The number of rotatable bonds is 6. The van der Waals surface area contributed by atoms with Crippen LogP contribution in [-0.4, -0.2) is 40.3 Å². The number of methoxy groups -OCH3 is 1. The van der Waals surface area contributed by atoms with Crippen molar-refractivity contribution in [3.05, 3.63) is 51.6 Å². The molecule has 1 aromatic carbocycles. The molecule has 3 rings (SSSR count). The fourth-order valence-electron chi connectivity index (χ4n) is 3.04. The number of nitrogens with zero attached hydrogens (tertiary/aromatic N) is 3. The van der Waals surface area contributed by atoms with Crippen LogP contribution in [0.25, 0.3) is 11.3 Å². The minimum atomic E-state index is -0.153. The molecule has 0 aliphatic heterocycles. The highest BCUT2D eigenvalue weighted by molar-refractivity contribution is 7.11. The predicted molar refractivity (Wildman–Crippen MR) is 111 cm³/mol. The van der Waals surface area contributed by atoms with E-state index in [2.05, 4.69) is 20.5 Å². The van der Waals surface area contributed by atoms with E-state index in [0.717, 1.165) is 38.1 Å². The number of benzene rings is 1. The number of aromatic nitrogens is 3. The summed E-state index contributed by atoms with van der Waals surface area (Å²) in [5.41, 5.74) is 3.73. The molecule has 2 N–H and O–H groups in total. The number of aromatic amines is 1. The molecule has 2 heterocycles. The lowest BCUT2D eigenvalue weighted by Gasteiger charge is -2.24. The van der Waals surface area contributed by atoms with Crippen molar-refractivity contribution >= 4 is 17.4 Å². The number of ether oxygens (including phenoxy) is 1. The van der Waals surface area contributed by atoms with Crippen LogP contribution in [0, 0.1) is 13.8 Å². The van der Waals surface area contributed by atoms with Gasteiger partial charge in [-0.1, -0.05) is 0 Å². The highest BCUT2D eigenvalue weighted by Crippen LogP contribution is 2.26. The minimum absolute atomic E-state index is 0.102. The minimum Gasteiger partial charge on any atom is -0.497 e. The Labute approximate surface area is 168 Å². The summed E-state index contributed by atoms with van der Waals surface area (Å²) in [4.78, 5) is 20.0. The van der Waals surface area contributed by atoms with E-state index in [-0.39, 0.29) is 12.1 Å². The van der Waals surface area contributed by atoms with Gasteiger partial charge >= 0.3 is 6.03 Å². The maximum atomic E-state index is 12.6. The summed E-state index contributed by atoms with van der Waals surface area (Å²) in [6.45, 7) is 6.38. The van der Waals surface area contributed by atoms with Gasteiger partial charge < -0.3 is 15.0 Å². The number of H-pyrrole nitrogens is 1. The molecule has 0 saturated heterocycles. The van der Waals surface area contributed by atoms with Crippen molar-refractivity contribution in [3.8, 4) is 17.0 Å². The van der Waals surface area contributed by atoms with E-state index in [1.807, 2.05) is 45.0 Å². The molecule has 0 saturated carbocycles. The van der Waals surface area contributed by atoms with Crippen molar-refractivity contribution < 1.29 is 9.53 Å². The Morgan fingerprint density at radius 2 is 2.04 bits per heavy atom. The topological polar surface area (TPSA) is 83.1 Å². The average Bonchev–Trinajstić information content (AvgIpc) is 3.30. The van der Waals surface area contributed by atoms with E-state index >= 15 is 0 Å². The Morgan fingerprint density at radius 3 is 2.64 bits per heavy atom. The smallest absolute Gasteiger partial charge is 0.317 e. The first kappa shape index (κ1) is 19.9. The Morgan fingerprint density at radius 1 is 1.32 bits per heavy atom. The van der Waals surface area contributed by atoms with Gasteiger partial charge in [0.05, 0.1) is 35.7 Å². The fraction of sp³-hybridized carbons (Fsp3) is 0.350. The first-order chi connectivity index (χ1) is 13.4. The first-order valence-electron chi connectivity index (χ1n) is 9.02. The lowest BCUT2D eigenvalue weighted by atomic mass is 10.1. The number of amides is 2. The van der Waals surface area contributed by atoms with Crippen molar-refractivity contribution in [1.29, 1.82) is 0 Å². The van der Waals surface area contributed by atoms with Crippen molar-refractivity contribution in [3.63, 3.8) is 0 Å². The second-order valence-corrected chi connectivity index (χ2v) is 8.03. The maximum absolute atomic E-state index is 12.6. The zero-order valence-electron chi connectivity index (χ0n) is 16.7. The molecule has 0 aliphatic rings. The van der Waals surface area contributed by atoms with E-state index in [1.165, 1.54) is 0 Å². The Bertz CT molecular complexity index is 948. The lowest BCUT2D eigenvalue weighted by molar-refractivity contribution is 0.193. The molecule has 1 atom stereocenters. The summed E-state index contributed by atoms with van der Waals surface area (Å²) >= 11 is 1.65. The zero-order chi connectivity index (χ0) is 20.3. The normalized spacial score (nSPS) is 11.9. The van der Waals surface area contributed by atoms with Crippen LogP contribution in [-0.2, 0) is 6.54 Å². The molecule has 2 aromatic heterocycles. The Balaban J connectivity index is 1.66. The van der Waals surface area contributed by atoms with Gasteiger partial charge in [-0.05, 0) is 45.0 Å². The van der Waals surface area contributed by atoms with Gasteiger partial charge in [0.2, 0.25) is 0 Å². The van der Waals surface area contributed by atoms with Crippen LogP contribution < -0.4 is 10.1 Å². The highest BCUT2D eigenvalue weighted by Gasteiger charge is 2.22. The SMILES string of the molecule is COc1ccc(-c2[nH]ncc2CNC(=O)N(C)[C@@H](C)c2nc(C)sc2C)cc1. The van der Waals surface area contributed by atoms with Gasteiger partial charge in [0.15, 0.2) is 0 Å². The molecular formula is C20H25N5O2S. The zero-order valence-corrected chi connectivity index (χ0v) is 17.6. The van der Waals surface area contributed by atoms with Crippen molar-refractivity contribution in [2.75, 3.05) is 14.2 Å².